The summed E-state index contributed by atoms with van der Waals surface area (Å²) in [5.74, 6) is -0.530. The number of carbonyl (C=O) groups excluding carboxylic acids is 1. The van der Waals surface area contributed by atoms with Crippen LogP contribution in [-0.2, 0) is 0 Å². The monoisotopic (exact) mass is 287 g/mol. The van der Waals surface area contributed by atoms with Crippen molar-refractivity contribution in [3.8, 4) is 0 Å². The molecule has 0 heterocycles. The lowest BCUT2D eigenvalue weighted by molar-refractivity contribution is 0.0796. The first-order valence-corrected chi connectivity index (χ1v) is 5.99. The predicted octanol–water partition coefficient (Wildman–Crippen LogP) is 2.99. The maximum Gasteiger partial charge on any atom is 0.254 e. The molecular formula is C12H15BrFNO. The SMILES string of the molecule is Cc1ccc(F)cc1C(=O)N(C)CC(C)Br. The average molecular weight is 288 g/mol. The molecule has 88 valence electrons. The van der Waals surface area contributed by atoms with Crippen molar-refractivity contribution in [1.29, 1.82) is 0 Å². The van der Waals surface area contributed by atoms with Crippen molar-refractivity contribution < 1.29 is 9.18 Å². The van der Waals surface area contributed by atoms with Crippen LogP contribution in [0, 0.1) is 12.7 Å². The Morgan fingerprint density at radius 3 is 2.75 bits per heavy atom. The van der Waals surface area contributed by atoms with Crippen molar-refractivity contribution in [1.82, 2.24) is 4.90 Å². The third kappa shape index (κ3) is 3.30. The van der Waals surface area contributed by atoms with Gasteiger partial charge in [-0.1, -0.05) is 28.9 Å². The minimum absolute atomic E-state index is 0.150. The van der Waals surface area contributed by atoms with Gasteiger partial charge in [0.05, 0.1) is 0 Å². The summed E-state index contributed by atoms with van der Waals surface area (Å²) >= 11 is 3.38. The highest BCUT2D eigenvalue weighted by molar-refractivity contribution is 9.09. The topological polar surface area (TPSA) is 20.3 Å². The van der Waals surface area contributed by atoms with E-state index in [1.54, 1.807) is 24.9 Å². The van der Waals surface area contributed by atoms with E-state index in [0.717, 1.165) is 5.56 Å². The summed E-state index contributed by atoms with van der Waals surface area (Å²) in [6.07, 6.45) is 0. The Hall–Kier alpha value is -0.900. The molecule has 1 aromatic rings. The van der Waals surface area contributed by atoms with Crippen LogP contribution in [0.3, 0.4) is 0 Å². The fourth-order valence-corrected chi connectivity index (χ4v) is 1.92. The summed E-state index contributed by atoms with van der Waals surface area (Å²) in [4.78, 5) is 13.8. The van der Waals surface area contributed by atoms with Crippen molar-refractivity contribution in [3.05, 3.63) is 35.1 Å². The number of amides is 1. The highest BCUT2D eigenvalue weighted by atomic mass is 79.9. The molecule has 0 bridgehead atoms. The molecule has 0 radical (unpaired) electrons. The van der Waals surface area contributed by atoms with Crippen molar-refractivity contribution in [2.45, 2.75) is 18.7 Å². The molecule has 1 amide bonds. The van der Waals surface area contributed by atoms with Gasteiger partial charge < -0.3 is 4.90 Å². The molecule has 0 spiro atoms. The summed E-state index contributed by atoms with van der Waals surface area (Å²) in [7, 11) is 1.71. The summed E-state index contributed by atoms with van der Waals surface area (Å²) in [6, 6.07) is 4.26. The Morgan fingerprint density at radius 2 is 2.19 bits per heavy atom. The van der Waals surface area contributed by atoms with E-state index >= 15 is 0 Å². The van der Waals surface area contributed by atoms with Crippen LogP contribution in [0.5, 0.6) is 0 Å². The first-order chi connectivity index (χ1) is 7.41. The quantitative estimate of drug-likeness (QED) is 0.783. The first-order valence-electron chi connectivity index (χ1n) is 5.07. The number of alkyl halides is 1. The van der Waals surface area contributed by atoms with Gasteiger partial charge in [-0.05, 0) is 24.6 Å². The molecule has 16 heavy (non-hydrogen) atoms. The largest absolute Gasteiger partial charge is 0.341 e. The summed E-state index contributed by atoms with van der Waals surface area (Å²) in [5.41, 5.74) is 1.22. The number of hydrogen-bond acceptors (Lipinski definition) is 1. The smallest absolute Gasteiger partial charge is 0.254 e. The van der Waals surface area contributed by atoms with Crippen molar-refractivity contribution in [3.63, 3.8) is 0 Å². The Labute approximate surface area is 104 Å². The van der Waals surface area contributed by atoms with E-state index < -0.39 is 0 Å². The number of aryl methyl sites for hydroxylation is 1. The van der Waals surface area contributed by atoms with Gasteiger partial charge in [0.25, 0.3) is 5.91 Å². The third-order valence-corrected chi connectivity index (χ3v) is 2.59. The number of rotatable bonds is 3. The second kappa shape index (κ2) is 5.43. The van der Waals surface area contributed by atoms with Gasteiger partial charge in [-0.2, -0.15) is 0 Å². The predicted molar refractivity (Wildman–Crippen MR) is 66.5 cm³/mol. The fraction of sp³-hybridized carbons (Fsp3) is 0.417. The van der Waals surface area contributed by atoms with Gasteiger partial charge in [-0.15, -0.1) is 0 Å². The van der Waals surface area contributed by atoms with E-state index in [2.05, 4.69) is 15.9 Å². The zero-order valence-corrected chi connectivity index (χ0v) is 11.2. The molecule has 1 unspecified atom stereocenters. The maximum atomic E-state index is 13.1. The van der Waals surface area contributed by atoms with E-state index in [-0.39, 0.29) is 16.6 Å². The summed E-state index contributed by atoms with van der Waals surface area (Å²) in [5, 5.41) is 0. The molecule has 0 aliphatic heterocycles. The zero-order chi connectivity index (χ0) is 12.3. The zero-order valence-electron chi connectivity index (χ0n) is 9.63. The molecule has 0 N–H and O–H groups in total. The molecule has 1 rings (SSSR count). The van der Waals surface area contributed by atoms with Gasteiger partial charge in [0, 0.05) is 24.0 Å². The Morgan fingerprint density at radius 1 is 1.56 bits per heavy atom. The van der Waals surface area contributed by atoms with Crippen LogP contribution in [0.15, 0.2) is 18.2 Å². The highest BCUT2D eigenvalue weighted by Crippen LogP contribution is 2.13. The highest BCUT2D eigenvalue weighted by Gasteiger charge is 2.15. The normalized spacial score (nSPS) is 12.3. The van der Waals surface area contributed by atoms with Crippen LogP contribution in [0.25, 0.3) is 0 Å². The van der Waals surface area contributed by atoms with E-state index in [1.807, 2.05) is 6.92 Å². The minimum Gasteiger partial charge on any atom is -0.341 e. The van der Waals surface area contributed by atoms with Gasteiger partial charge in [0.1, 0.15) is 5.82 Å². The second-order valence-corrected chi connectivity index (χ2v) is 5.49. The molecule has 1 atom stereocenters. The molecule has 0 fully saturated rings. The van der Waals surface area contributed by atoms with E-state index in [0.29, 0.717) is 12.1 Å². The average Bonchev–Trinajstić information content (AvgIpc) is 2.19. The van der Waals surface area contributed by atoms with Gasteiger partial charge >= 0.3 is 0 Å². The van der Waals surface area contributed by atoms with E-state index in [1.165, 1.54) is 12.1 Å². The molecule has 4 heteroatoms. The van der Waals surface area contributed by atoms with Gasteiger partial charge in [0.2, 0.25) is 0 Å². The molecule has 0 aliphatic rings. The summed E-state index contributed by atoms with van der Waals surface area (Å²) in [6.45, 7) is 4.36. The third-order valence-electron chi connectivity index (χ3n) is 2.30. The van der Waals surface area contributed by atoms with Crippen LogP contribution in [0.2, 0.25) is 0 Å². The van der Waals surface area contributed by atoms with Crippen LogP contribution in [0.4, 0.5) is 4.39 Å². The van der Waals surface area contributed by atoms with Crippen molar-refractivity contribution >= 4 is 21.8 Å². The number of carbonyl (C=O) groups is 1. The Balaban J connectivity index is 2.91. The van der Waals surface area contributed by atoms with Gasteiger partial charge in [-0.25, -0.2) is 4.39 Å². The van der Waals surface area contributed by atoms with Crippen LogP contribution < -0.4 is 0 Å². The van der Waals surface area contributed by atoms with E-state index in [4.69, 9.17) is 0 Å². The van der Waals surface area contributed by atoms with Crippen LogP contribution in [-0.4, -0.2) is 29.2 Å². The first kappa shape index (κ1) is 13.2. The number of nitrogens with zero attached hydrogens (tertiary/aromatic N) is 1. The number of hydrogen-bond donors (Lipinski definition) is 0. The van der Waals surface area contributed by atoms with Crippen molar-refractivity contribution in [2.75, 3.05) is 13.6 Å². The van der Waals surface area contributed by atoms with Gasteiger partial charge in [-0.3, -0.25) is 4.79 Å². The summed E-state index contributed by atoms with van der Waals surface area (Å²) < 4.78 is 13.1. The molecule has 0 saturated carbocycles. The number of benzene rings is 1. The second-order valence-electron chi connectivity index (χ2n) is 3.93. The standard InChI is InChI=1S/C12H15BrFNO/c1-8-4-5-10(14)6-11(8)12(16)15(3)7-9(2)13/h4-6,9H,7H2,1-3H3. The van der Waals surface area contributed by atoms with Gasteiger partial charge in [0.15, 0.2) is 0 Å². The lowest BCUT2D eigenvalue weighted by Crippen LogP contribution is -2.31. The molecular weight excluding hydrogens is 273 g/mol. The molecule has 2 nitrogen and oxygen atoms in total. The molecule has 0 aromatic heterocycles. The van der Waals surface area contributed by atoms with Crippen LogP contribution in [0.1, 0.15) is 22.8 Å². The molecule has 0 aliphatic carbocycles. The lowest BCUT2D eigenvalue weighted by atomic mass is 10.1. The molecule has 0 saturated heterocycles. The fourth-order valence-electron chi connectivity index (χ4n) is 1.49. The lowest BCUT2D eigenvalue weighted by Gasteiger charge is -2.19. The van der Waals surface area contributed by atoms with Crippen molar-refractivity contribution in [2.24, 2.45) is 0 Å². The Bertz CT molecular complexity index is 393. The maximum absolute atomic E-state index is 13.1. The number of halogens is 2. The van der Waals surface area contributed by atoms with Crippen LogP contribution >= 0.6 is 15.9 Å². The minimum atomic E-state index is -0.380. The Kier molecular flexibility index (Phi) is 4.47. The van der Waals surface area contributed by atoms with E-state index in [9.17, 15) is 9.18 Å². The molecule has 1 aromatic carbocycles.